The fraction of sp³-hybridized carbons (Fsp3) is 0.421. The molecule has 2 amide bonds. The number of hydrogen-bond donors (Lipinski definition) is 2. The lowest BCUT2D eigenvalue weighted by atomic mass is 9.87. The molecule has 3 heterocycles. The zero-order valence-electron chi connectivity index (χ0n) is 14.8. The van der Waals surface area contributed by atoms with Crippen molar-refractivity contribution in [3.05, 3.63) is 47.8 Å². The summed E-state index contributed by atoms with van der Waals surface area (Å²) in [5.41, 5.74) is 8.52. The first-order valence-electron chi connectivity index (χ1n) is 8.92. The number of aryl methyl sites for hydroxylation is 1. The summed E-state index contributed by atoms with van der Waals surface area (Å²) in [6.07, 6.45) is 4.38. The van der Waals surface area contributed by atoms with Crippen molar-refractivity contribution in [3.8, 4) is 0 Å². The van der Waals surface area contributed by atoms with Crippen molar-refractivity contribution in [2.24, 2.45) is 24.6 Å². The first-order chi connectivity index (χ1) is 12.5. The minimum absolute atomic E-state index is 0.0438. The Labute approximate surface area is 152 Å². The lowest BCUT2D eigenvalue weighted by molar-refractivity contribution is -0.123. The maximum Gasteiger partial charge on any atom is 0.232 e. The van der Waals surface area contributed by atoms with E-state index in [1.807, 2.05) is 43.7 Å². The number of aromatic nitrogens is 2. The predicted molar refractivity (Wildman–Crippen MR) is 97.5 cm³/mol. The van der Waals surface area contributed by atoms with Crippen LogP contribution in [0.5, 0.6) is 0 Å². The molecule has 1 aromatic heterocycles. The van der Waals surface area contributed by atoms with Gasteiger partial charge in [-0.1, -0.05) is 18.2 Å². The molecule has 0 aliphatic carbocycles. The molecule has 1 aromatic carbocycles. The summed E-state index contributed by atoms with van der Waals surface area (Å²) < 4.78 is 1.76. The van der Waals surface area contributed by atoms with Gasteiger partial charge >= 0.3 is 0 Å². The van der Waals surface area contributed by atoms with Gasteiger partial charge in [0.1, 0.15) is 0 Å². The van der Waals surface area contributed by atoms with Gasteiger partial charge in [0.15, 0.2) is 0 Å². The van der Waals surface area contributed by atoms with Crippen LogP contribution >= 0.6 is 0 Å². The molecule has 0 saturated carbocycles. The van der Waals surface area contributed by atoms with Crippen molar-refractivity contribution in [2.75, 3.05) is 24.5 Å². The van der Waals surface area contributed by atoms with E-state index in [9.17, 15) is 9.59 Å². The molecule has 4 rings (SSSR count). The molecule has 3 atom stereocenters. The summed E-state index contributed by atoms with van der Waals surface area (Å²) in [5, 5.41) is 7.57. The molecular weight excluding hydrogens is 330 g/mol. The number of para-hydroxylation sites is 1. The smallest absolute Gasteiger partial charge is 0.232 e. The number of benzene rings is 1. The van der Waals surface area contributed by atoms with Gasteiger partial charge in [-0.05, 0) is 23.6 Å². The van der Waals surface area contributed by atoms with E-state index in [-0.39, 0.29) is 29.6 Å². The summed E-state index contributed by atoms with van der Waals surface area (Å²) in [7, 11) is 1.88. The summed E-state index contributed by atoms with van der Waals surface area (Å²) in [4.78, 5) is 27.0. The van der Waals surface area contributed by atoms with Gasteiger partial charge in [0.05, 0.1) is 18.0 Å². The van der Waals surface area contributed by atoms with Crippen LogP contribution in [-0.4, -0.2) is 41.2 Å². The molecule has 0 spiro atoms. The fourth-order valence-corrected chi connectivity index (χ4v) is 4.11. The highest BCUT2D eigenvalue weighted by atomic mass is 16.2. The number of amides is 2. The predicted octanol–water partition coefficient (Wildman–Crippen LogP) is 0.414. The van der Waals surface area contributed by atoms with Crippen LogP contribution in [0, 0.1) is 11.8 Å². The second kappa shape index (κ2) is 6.57. The second-order valence-corrected chi connectivity index (χ2v) is 7.20. The van der Waals surface area contributed by atoms with E-state index in [1.165, 1.54) is 0 Å². The van der Waals surface area contributed by atoms with Crippen LogP contribution < -0.4 is 16.0 Å². The van der Waals surface area contributed by atoms with Crippen LogP contribution in [0.3, 0.4) is 0 Å². The van der Waals surface area contributed by atoms with Crippen LogP contribution in [0.25, 0.3) is 0 Å². The summed E-state index contributed by atoms with van der Waals surface area (Å²) in [6, 6.07) is 7.78. The maximum atomic E-state index is 13.4. The quantitative estimate of drug-likeness (QED) is 0.836. The third-order valence-corrected chi connectivity index (χ3v) is 5.50. The molecule has 26 heavy (non-hydrogen) atoms. The first-order valence-corrected chi connectivity index (χ1v) is 8.92. The van der Waals surface area contributed by atoms with E-state index in [2.05, 4.69) is 10.4 Å². The molecule has 2 aliphatic rings. The molecular formula is C19H23N5O2. The van der Waals surface area contributed by atoms with Gasteiger partial charge in [-0.15, -0.1) is 0 Å². The number of nitrogens with zero attached hydrogens (tertiary/aromatic N) is 3. The summed E-state index contributed by atoms with van der Waals surface area (Å²) in [6.45, 7) is 1.72. The number of carbonyl (C=O) groups is 2. The van der Waals surface area contributed by atoms with E-state index in [4.69, 9.17) is 5.73 Å². The van der Waals surface area contributed by atoms with Gasteiger partial charge < -0.3 is 16.0 Å². The molecule has 2 aliphatic heterocycles. The van der Waals surface area contributed by atoms with Crippen LogP contribution in [0.4, 0.5) is 5.69 Å². The number of primary amides is 1. The second-order valence-electron chi connectivity index (χ2n) is 7.20. The Hall–Kier alpha value is -2.67. The Kier molecular flexibility index (Phi) is 4.24. The molecule has 1 fully saturated rings. The lowest BCUT2D eigenvalue weighted by Crippen LogP contribution is -2.47. The van der Waals surface area contributed by atoms with Crippen molar-refractivity contribution in [3.63, 3.8) is 0 Å². The van der Waals surface area contributed by atoms with Gasteiger partial charge in [-0.25, -0.2) is 0 Å². The van der Waals surface area contributed by atoms with Crippen molar-refractivity contribution >= 4 is 17.5 Å². The van der Waals surface area contributed by atoms with Crippen LogP contribution in [0.15, 0.2) is 36.7 Å². The summed E-state index contributed by atoms with van der Waals surface area (Å²) >= 11 is 0. The van der Waals surface area contributed by atoms with Gasteiger partial charge in [0, 0.05) is 44.5 Å². The van der Waals surface area contributed by atoms with Crippen LogP contribution in [0.1, 0.15) is 17.0 Å². The first kappa shape index (κ1) is 16.8. The van der Waals surface area contributed by atoms with Crippen molar-refractivity contribution < 1.29 is 9.59 Å². The number of hydrogen-bond acceptors (Lipinski definition) is 4. The lowest BCUT2D eigenvalue weighted by Gasteiger charge is -2.35. The molecule has 0 radical (unpaired) electrons. The molecule has 1 saturated heterocycles. The zero-order valence-corrected chi connectivity index (χ0v) is 14.8. The van der Waals surface area contributed by atoms with Gasteiger partial charge in [0.2, 0.25) is 11.8 Å². The van der Waals surface area contributed by atoms with E-state index in [0.717, 1.165) is 23.4 Å². The number of carbonyl (C=O) groups excluding carboxylic acids is 2. The Balaban J connectivity index is 1.65. The molecule has 3 N–H and O–H groups in total. The minimum Gasteiger partial charge on any atom is -0.369 e. The van der Waals surface area contributed by atoms with E-state index in [1.54, 1.807) is 9.58 Å². The zero-order chi connectivity index (χ0) is 18.3. The topological polar surface area (TPSA) is 93.3 Å². The van der Waals surface area contributed by atoms with E-state index >= 15 is 0 Å². The standard InChI is InChI=1S/C19H23N5O2/c1-23-10-14(7-22-23)15-8-21-9-16(15)19(26)24-11-13(18(20)25)6-12-4-2-3-5-17(12)24/h2-5,7,10,13,15-16,21H,6,8-9,11H2,1H3,(H2,20,25)/t13?,15-,16+/m1/s1. The number of nitrogens with two attached hydrogens (primary N) is 1. The normalized spacial score (nSPS) is 25.1. The minimum atomic E-state index is -0.356. The molecule has 1 unspecified atom stereocenters. The van der Waals surface area contributed by atoms with E-state index < -0.39 is 0 Å². The largest absolute Gasteiger partial charge is 0.369 e. The highest BCUT2D eigenvalue weighted by Crippen LogP contribution is 2.35. The maximum absolute atomic E-state index is 13.4. The fourth-order valence-electron chi connectivity index (χ4n) is 4.11. The van der Waals surface area contributed by atoms with Gasteiger partial charge in [-0.2, -0.15) is 5.10 Å². The van der Waals surface area contributed by atoms with Crippen molar-refractivity contribution in [2.45, 2.75) is 12.3 Å². The molecule has 7 nitrogen and oxygen atoms in total. The SMILES string of the molecule is Cn1cc([C@H]2CNC[C@@H]2C(=O)N2CC(C(N)=O)Cc3ccccc32)cn1. The average molecular weight is 353 g/mol. The Morgan fingerprint density at radius 1 is 1.27 bits per heavy atom. The van der Waals surface area contributed by atoms with Gasteiger partial charge in [0.25, 0.3) is 0 Å². The Morgan fingerprint density at radius 3 is 2.81 bits per heavy atom. The molecule has 7 heteroatoms. The van der Waals surface area contributed by atoms with Crippen molar-refractivity contribution in [1.29, 1.82) is 0 Å². The highest BCUT2D eigenvalue weighted by molar-refractivity contribution is 5.98. The highest BCUT2D eigenvalue weighted by Gasteiger charge is 2.40. The number of rotatable bonds is 3. The van der Waals surface area contributed by atoms with Crippen LogP contribution in [0.2, 0.25) is 0 Å². The molecule has 2 aromatic rings. The van der Waals surface area contributed by atoms with Gasteiger partial charge in [-0.3, -0.25) is 14.3 Å². The number of anilines is 1. The number of fused-ring (bicyclic) bond motifs is 1. The average Bonchev–Trinajstić information content (AvgIpc) is 3.28. The Morgan fingerprint density at radius 2 is 2.08 bits per heavy atom. The number of nitrogens with one attached hydrogen (secondary N) is 1. The third kappa shape index (κ3) is 2.88. The Bertz CT molecular complexity index is 846. The third-order valence-electron chi connectivity index (χ3n) is 5.50. The van der Waals surface area contributed by atoms with E-state index in [0.29, 0.717) is 19.5 Å². The summed E-state index contributed by atoms with van der Waals surface area (Å²) in [5.74, 6) is -0.760. The van der Waals surface area contributed by atoms with Crippen LogP contribution in [-0.2, 0) is 23.1 Å². The monoisotopic (exact) mass is 353 g/mol. The molecule has 0 bridgehead atoms. The molecule has 136 valence electrons. The van der Waals surface area contributed by atoms with Crippen molar-refractivity contribution in [1.82, 2.24) is 15.1 Å².